The van der Waals surface area contributed by atoms with Gasteiger partial charge in [-0.15, -0.1) is 11.3 Å². The molecular formula is C12H12ClNOS. The maximum atomic E-state index is 5.74. The summed E-state index contributed by atoms with van der Waals surface area (Å²) >= 11 is 7.18. The number of nitrogens with zero attached hydrogens (tertiary/aromatic N) is 1. The highest BCUT2D eigenvalue weighted by molar-refractivity contribution is 7.15. The number of halogens is 1. The van der Waals surface area contributed by atoms with E-state index < -0.39 is 0 Å². The highest BCUT2D eigenvalue weighted by atomic mass is 35.5. The Balaban J connectivity index is 2.02. The average Bonchev–Trinajstić information content (AvgIpc) is 2.66. The zero-order valence-corrected chi connectivity index (χ0v) is 10.7. The van der Waals surface area contributed by atoms with Gasteiger partial charge in [-0.3, -0.25) is 0 Å². The average molecular weight is 254 g/mol. The molecule has 1 aromatic heterocycles. The predicted molar refractivity (Wildman–Crippen MR) is 67.4 cm³/mol. The highest BCUT2D eigenvalue weighted by Crippen LogP contribution is 2.21. The molecule has 84 valence electrons. The van der Waals surface area contributed by atoms with Crippen LogP contribution in [0.5, 0.6) is 5.75 Å². The van der Waals surface area contributed by atoms with Crippen LogP contribution in [0.4, 0.5) is 0 Å². The van der Waals surface area contributed by atoms with Gasteiger partial charge in [0.15, 0.2) is 4.47 Å². The van der Waals surface area contributed by atoms with Crippen molar-refractivity contribution in [3.05, 3.63) is 44.9 Å². The van der Waals surface area contributed by atoms with Gasteiger partial charge in [0.05, 0.1) is 4.88 Å². The normalized spacial score (nSPS) is 10.4. The number of hydrogen-bond donors (Lipinski definition) is 0. The standard InChI is InChI=1S/C12H12ClNOS/c1-8-3-4-10(5-9(8)2)15-7-11-6-14-12(13)16-11/h3-6H,7H2,1-2H3. The van der Waals surface area contributed by atoms with Gasteiger partial charge in [-0.2, -0.15) is 0 Å². The van der Waals surface area contributed by atoms with Crippen LogP contribution in [0.1, 0.15) is 16.0 Å². The van der Waals surface area contributed by atoms with Crippen LogP contribution in [-0.4, -0.2) is 4.98 Å². The van der Waals surface area contributed by atoms with E-state index in [1.807, 2.05) is 12.1 Å². The lowest BCUT2D eigenvalue weighted by Crippen LogP contribution is -1.93. The van der Waals surface area contributed by atoms with Crippen molar-refractivity contribution < 1.29 is 4.74 Å². The fraction of sp³-hybridized carbons (Fsp3) is 0.250. The molecule has 2 nitrogen and oxygen atoms in total. The minimum absolute atomic E-state index is 0.521. The topological polar surface area (TPSA) is 22.1 Å². The maximum Gasteiger partial charge on any atom is 0.183 e. The minimum atomic E-state index is 0.521. The summed E-state index contributed by atoms with van der Waals surface area (Å²) in [6.07, 6.45) is 1.74. The molecule has 0 saturated carbocycles. The Bertz CT molecular complexity index is 496. The van der Waals surface area contributed by atoms with Crippen molar-refractivity contribution in [1.82, 2.24) is 4.98 Å². The number of rotatable bonds is 3. The minimum Gasteiger partial charge on any atom is -0.488 e. The van der Waals surface area contributed by atoms with Crippen LogP contribution < -0.4 is 4.74 Å². The Morgan fingerprint density at radius 2 is 2.12 bits per heavy atom. The Morgan fingerprint density at radius 3 is 2.75 bits per heavy atom. The summed E-state index contributed by atoms with van der Waals surface area (Å²) in [7, 11) is 0. The molecule has 4 heteroatoms. The summed E-state index contributed by atoms with van der Waals surface area (Å²) in [6, 6.07) is 6.08. The van der Waals surface area contributed by atoms with Crippen LogP contribution >= 0.6 is 22.9 Å². The van der Waals surface area contributed by atoms with Crippen molar-refractivity contribution in [1.29, 1.82) is 0 Å². The summed E-state index contributed by atoms with van der Waals surface area (Å²) in [6.45, 7) is 4.68. The molecule has 2 rings (SSSR count). The third kappa shape index (κ3) is 2.74. The van der Waals surface area contributed by atoms with Gasteiger partial charge in [-0.1, -0.05) is 17.7 Å². The second kappa shape index (κ2) is 4.85. The predicted octanol–water partition coefficient (Wildman–Crippen LogP) is 3.99. The van der Waals surface area contributed by atoms with Crippen molar-refractivity contribution in [3.63, 3.8) is 0 Å². The van der Waals surface area contributed by atoms with Crippen molar-refractivity contribution >= 4 is 22.9 Å². The molecule has 0 saturated heterocycles. The van der Waals surface area contributed by atoms with Crippen LogP contribution in [-0.2, 0) is 6.61 Å². The number of aromatic nitrogens is 1. The molecule has 0 bridgehead atoms. The summed E-state index contributed by atoms with van der Waals surface area (Å²) in [5.74, 6) is 0.882. The fourth-order valence-corrected chi connectivity index (χ4v) is 2.20. The Hall–Kier alpha value is -1.06. The van der Waals surface area contributed by atoms with Crippen molar-refractivity contribution in [3.8, 4) is 5.75 Å². The van der Waals surface area contributed by atoms with Crippen LogP contribution in [0.25, 0.3) is 0 Å². The molecule has 1 aromatic carbocycles. The van der Waals surface area contributed by atoms with Crippen LogP contribution in [0.2, 0.25) is 4.47 Å². The van der Waals surface area contributed by atoms with Gasteiger partial charge < -0.3 is 4.74 Å². The number of hydrogen-bond acceptors (Lipinski definition) is 3. The van der Waals surface area contributed by atoms with Gasteiger partial charge in [0.1, 0.15) is 12.4 Å². The number of ether oxygens (including phenoxy) is 1. The van der Waals surface area contributed by atoms with Crippen LogP contribution in [0.3, 0.4) is 0 Å². The molecule has 0 fully saturated rings. The quantitative estimate of drug-likeness (QED) is 0.825. The Labute approximate surface area is 104 Å². The zero-order chi connectivity index (χ0) is 11.5. The lowest BCUT2D eigenvalue weighted by atomic mass is 10.1. The van der Waals surface area contributed by atoms with Gasteiger partial charge in [0, 0.05) is 6.20 Å². The molecule has 0 spiro atoms. The van der Waals surface area contributed by atoms with E-state index in [-0.39, 0.29) is 0 Å². The smallest absolute Gasteiger partial charge is 0.183 e. The Kier molecular flexibility index (Phi) is 3.46. The van der Waals surface area contributed by atoms with Gasteiger partial charge >= 0.3 is 0 Å². The first-order valence-corrected chi connectivity index (χ1v) is 6.15. The lowest BCUT2D eigenvalue weighted by molar-refractivity contribution is 0.309. The molecule has 0 atom stereocenters. The van der Waals surface area contributed by atoms with Crippen LogP contribution in [0.15, 0.2) is 24.4 Å². The summed E-state index contributed by atoms with van der Waals surface area (Å²) in [5.41, 5.74) is 2.51. The number of thiazole rings is 1. The molecule has 16 heavy (non-hydrogen) atoms. The van der Waals surface area contributed by atoms with Crippen LogP contribution in [0, 0.1) is 13.8 Å². The van der Waals surface area contributed by atoms with E-state index in [9.17, 15) is 0 Å². The van der Waals surface area contributed by atoms with Crippen molar-refractivity contribution in [2.45, 2.75) is 20.5 Å². The molecule has 2 aromatic rings. The third-order valence-corrected chi connectivity index (χ3v) is 3.47. The molecule has 0 aliphatic heterocycles. The second-order valence-corrected chi connectivity index (χ2v) is 5.31. The molecule has 0 radical (unpaired) electrons. The second-order valence-electron chi connectivity index (χ2n) is 3.61. The highest BCUT2D eigenvalue weighted by Gasteiger charge is 2.01. The number of benzene rings is 1. The molecular weight excluding hydrogens is 242 g/mol. The molecule has 0 unspecified atom stereocenters. The third-order valence-electron chi connectivity index (χ3n) is 2.38. The molecule has 1 heterocycles. The lowest BCUT2D eigenvalue weighted by Gasteiger charge is -2.06. The molecule has 0 N–H and O–H groups in total. The van der Waals surface area contributed by atoms with E-state index in [1.54, 1.807) is 6.20 Å². The largest absolute Gasteiger partial charge is 0.488 e. The van der Waals surface area contributed by atoms with Crippen molar-refractivity contribution in [2.75, 3.05) is 0 Å². The van der Waals surface area contributed by atoms with E-state index >= 15 is 0 Å². The summed E-state index contributed by atoms with van der Waals surface area (Å²) in [5, 5.41) is 0. The maximum absolute atomic E-state index is 5.74. The van der Waals surface area contributed by atoms with E-state index in [0.717, 1.165) is 10.6 Å². The van der Waals surface area contributed by atoms with Gasteiger partial charge in [0.25, 0.3) is 0 Å². The first kappa shape index (κ1) is 11.4. The summed E-state index contributed by atoms with van der Waals surface area (Å²) < 4.78 is 6.21. The summed E-state index contributed by atoms with van der Waals surface area (Å²) in [4.78, 5) is 5.00. The molecule has 0 aliphatic carbocycles. The van der Waals surface area contributed by atoms with Gasteiger partial charge in [-0.25, -0.2) is 4.98 Å². The number of aryl methyl sites for hydroxylation is 2. The SMILES string of the molecule is Cc1ccc(OCc2cnc(Cl)s2)cc1C. The first-order chi connectivity index (χ1) is 7.65. The van der Waals surface area contributed by atoms with E-state index in [0.29, 0.717) is 11.1 Å². The van der Waals surface area contributed by atoms with E-state index in [4.69, 9.17) is 16.3 Å². The van der Waals surface area contributed by atoms with E-state index in [1.165, 1.54) is 22.5 Å². The molecule has 0 aliphatic rings. The van der Waals surface area contributed by atoms with Gasteiger partial charge in [-0.05, 0) is 37.1 Å². The fourth-order valence-electron chi connectivity index (χ4n) is 1.31. The molecule has 0 amide bonds. The van der Waals surface area contributed by atoms with E-state index in [2.05, 4.69) is 24.9 Å². The Morgan fingerprint density at radius 1 is 1.31 bits per heavy atom. The monoisotopic (exact) mass is 253 g/mol. The first-order valence-electron chi connectivity index (χ1n) is 4.95. The van der Waals surface area contributed by atoms with Gasteiger partial charge in [0.2, 0.25) is 0 Å². The zero-order valence-electron chi connectivity index (χ0n) is 9.16. The van der Waals surface area contributed by atoms with Crippen molar-refractivity contribution in [2.24, 2.45) is 0 Å².